The summed E-state index contributed by atoms with van der Waals surface area (Å²) >= 11 is 0. The summed E-state index contributed by atoms with van der Waals surface area (Å²) in [7, 11) is 1.61. The lowest BCUT2D eigenvalue weighted by molar-refractivity contribution is -0.119. The molecule has 0 saturated carbocycles. The molecule has 1 atom stereocenters. The number of benzene rings is 2. The molecule has 1 heterocycles. The number of benzodiazepines with no additional fused rings is 1. The maximum Gasteiger partial charge on any atom is 0.415 e. The zero-order valence-corrected chi connectivity index (χ0v) is 15.5. The zero-order chi connectivity index (χ0) is 20.1. The first kappa shape index (κ1) is 19.1. The van der Waals surface area contributed by atoms with Gasteiger partial charge in [-0.2, -0.15) is 0 Å². The second kappa shape index (κ2) is 8.34. The molecular formula is C20H20N4O4. The SMILES string of the molecule is CCOC(=O)NC(=O)NC1N=C(c2ccccc2)c2ccccc2N(C)C1=O. The number of urea groups is 1. The molecule has 1 aliphatic rings. The van der Waals surface area contributed by atoms with Crippen LogP contribution >= 0.6 is 0 Å². The summed E-state index contributed by atoms with van der Waals surface area (Å²) in [5.74, 6) is -0.433. The van der Waals surface area contributed by atoms with Crippen LogP contribution < -0.4 is 15.5 Å². The average Bonchev–Trinajstić information content (AvgIpc) is 2.79. The van der Waals surface area contributed by atoms with Crippen molar-refractivity contribution < 1.29 is 19.1 Å². The van der Waals surface area contributed by atoms with Crippen LogP contribution in [0.3, 0.4) is 0 Å². The van der Waals surface area contributed by atoms with Gasteiger partial charge in [-0.3, -0.25) is 4.79 Å². The van der Waals surface area contributed by atoms with E-state index in [1.54, 1.807) is 14.0 Å². The molecule has 0 saturated heterocycles. The van der Waals surface area contributed by atoms with Crippen LogP contribution in [0.25, 0.3) is 0 Å². The standard InChI is InChI=1S/C20H20N4O4/c1-3-28-20(27)23-19(26)22-17-18(25)24(2)15-12-8-7-11-14(15)16(21-17)13-9-5-4-6-10-13/h4-12,17H,3H2,1-2H3,(H2,22,23,26,27). The third-order valence-corrected chi connectivity index (χ3v) is 4.15. The van der Waals surface area contributed by atoms with E-state index in [0.29, 0.717) is 11.4 Å². The van der Waals surface area contributed by atoms with Gasteiger partial charge < -0.3 is 15.0 Å². The smallest absolute Gasteiger partial charge is 0.415 e. The van der Waals surface area contributed by atoms with Crippen molar-refractivity contribution >= 4 is 29.4 Å². The van der Waals surface area contributed by atoms with Crippen LogP contribution in [0.5, 0.6) is 0 Å². The number of fused-ring (bicyclic) bond motifs is 1. The maximum absolute atomic E-state index is 12.9. The first-order valence-electron chi connectivity index (χ1n) is 8.75. The van der Waals surface area contributed by atoms with E-state index in [4.69, 9.17) is 0 Å². The van der Waals surface area contributed by atoms with Gasteiger partial charge in [0.1, 0.15) is 0 Å². The van der Waals surface area contributed by atoms with Crippen molar-refractivity contribution in [3.8, 4) is 0 Å². The van der Waals surface area contributed by atoms with Crippen molar-refractivity contribution in [3.63, 3.8) is 0 Å². The number of nitrogens with one attached hydrogen (secondary N) is 2. The number of para-hydroxylation sites is 1. The molecule has 0 radical (unpaired) electrons. The van der Waals surface area contributed by atoms with Crippen molar-refractivity contribution in [2.45, 2.75) is 13.1 Å². The van der Waals surface area contributed by atoms with E-state index in [9.17, 15) is 14.4 Å². The third-order valence-electron chi connectivity index (χ3n) is 4.15. The molecule has 1 unspecified atom stereocenters. The largest absolute Gasteiger partial charge is 0.450 e. The molecule has 0 aliphatic carbocycles. The van der Waals surface area contributed by atoms with E-state index >= 15 is 0 Å². The second-order valence-electron chi connectivity index (χ2n) is 5.98. The number of rotatable bonds is 3. The van der Waals surface area contributed by atoms with Gasteiger partial charge in [-0.25, -0.2) is 19.9 Å². The lowest BCUT2D eigenvalue weighted by atomic mass is 10.0. The van der Waals surface area contributed by atoms with Gasteiger partial charge in [0.25, 0.3) is 5.91 Å². The molecule has 28 heavy (non-hydrogen) atoms. The van der Waals surface area contributed by atoms with E-state index in [-0.39, 0.29) is 6.61 Å². The summed E-state index contributed by atoms with van der Waals surface area (Å²) in [5.41, 5.74) is 2.80. The minimum atomic E-state index is -1.21. The lowest BCUT2D eigenvalue weighted by Gasteiger charge is -2.20. The van der Waals surface area contributed by atoms with E-state index in [2.05, 4.69) is 15.0 Å². The quantitative estimate of drug-likeness (QED) is 0.853. The number of carbonyl (C=O) groups is 3. The summed E-state index contributed by atoms with van der Waals surface area (Å²) in [6.07, 6.45) is -2.10. The number of amides is 4. The summed E-state index contributed by atoms with van der Waals surface area (Å²) in [5, 5.41) is 4.44. The highest BCUT2D eigenvalue weighted by molar-refractivity contribution is 6.20. The number of alkyl carbamates (subject to hydrolysis) is 1. The Balaban J connectivity index is 1.98. The van der Waals surface area contributed by atoms with Crippen molar-refractivity contribution in [3.05, 3.63) is 65.7 Å². The Kier molecular flexibility index (Phi) is 5.69. The fraction of sp³-hybridized carbons (Fsp3) is 0.200. The molecule has 144 valence electrons. The van der Waals surface area contributed by atoms with Gasteiger partial charge in [0.2, 0.25) is 6.17 Å². The Morgan fingerprint density at radius 3 is 2.50 bits per heavy atom. The summed E-state index contributed by atoms with van der Waals surface area (Å²) in [6, 6.07) is 15.9. The van der Waals surface area contributed by atoms with Gasteiger partial charge in [0.15, 0.2) is 0 Å². The second-order valence-corrected chi connectivity index (χ2v) is 5.98. The number of carbonyl (C=O) groups excluding carboxylic acids is 3. The lowest BCUT2D eigenvalue weighted by Crippen LogP contribution is -2.50. The molecular weight excluding hydrogens is 360 g/mol. The number of ether oxygens (including phenoxy) is 1. The van der Waals surface area contributed by atoms with Crippen LogP contribution in [0.4, 0.5) is 15.3 Å². The number of likely N-dealkylation sites (N-methyl/N-ethyl adjacent to an activating group) is 1. The van der Waals surface area contributed by atoms with Crippen LogP contribution in [-0.2, 0) is 9.53 Å². The van der Waals surface area contributed by atoms with E-state index < -0.39 is 24.2 Å². The maximum atomic E-state index is 12.9. The summed E-state index contributed by atoms with van der Waals surface area (Å²) < 4.78 is 4.67. The van der Waals surface area contributed by atoms with E-state index in [0.717, 1.165) is 11.1 Å². The van der Waals surface area contributed by atoms with Crippen molar-refractivity contribution in [2.24, 2.45) is 4.99 Å². The average molecular weight is 380 g/mol. The fourth-order valence-corrected chi connectivity index (χ4v) is 2.86. The Morgan fingerprint density at radius 1 is 1.11 bits per heavy atom. The van der Waals surface area contributed by atoms with Crippen LogP contribution in [0.15, 0.2) is 59.6 Å². The highest BCUT2D eigenvalue weighted by Crippen LogP contribution is 2.26. The molecule has 4 amide bonds. The Labute approximate surface area is 162 Å². The molecule has 0 aromatic heterocycles. The first-order valence-corrected chi connectivity index (χ1v) is 8.75. The van der Waals surface area contributed by atoms with E-state index in [1.807, 2.05) is 59.9 Å². The molecule has 3 rings (SSSR count). The molecule has 0 bridgehead atoms. The van der Waals surface area contributed by atoms with Gasteiger partial charge >= 0.3 is 12.1 Å². The number of hydrogen-bond donors (Lipinski definition) is 2. The Hall–Kier alpha value is -3.68. The van der Waals surface area contributed by atoms with Gasteiger partial charge in [-0.05, 0) is 13.0 Å². The molecule has 2 aromatic rings. The molecule has 8 nitrogen and oxygen atoms in total. The molecule has 8 heteroatoms. The topological polar surface area (TPSA) is 100 Å². The van der Waals surface area contributed by atoms with Crippen molar-refractivity contribution in [2.75, 3.05) is 18.6 Å². The van der Waals surface area contributed by atoms with Crippen LogP contribution in [-0.4, -0.2) is 43.6 Å². The molecule has 2 aromatic carbocycles. The Morgan fingerprint density at radius 2 is 1.79 bits per heavy atom. The molecule has 0 spiro atoms. The highest BCUT2D eigenvalue weighted by atomic mass is 16.5. The van der Waals surface area contributed by atoms with Gasteiger partial charge in [0, 0.05) is 18.2 Å². The third kappa shape index (κ3) is 4.01. The number of imide groups is 1. The minimum Gasteiger partial charge on any atom is -0.450 e. The summed E-state index contributed by atoms with van der Waals surface area (Å²) in [4.78, 5) is 42.4. The molecule has 0 fully saturated rings. The van der Waals surface area contributed by atoms with E-state index in [1.165, 1.54) is 4.90 Å². The predicted octanol–water partition coefficient (Wildman–Crippen LogP) is 2.28. The zero-order valence-electron chi connectivity index (χ0n) is 15.5. The number of hydrogen-bond acceptors (Lipinski definition) is 5. The first-order chi connectivity index (χ1) is 13.5. The Bertz CT molecular complexity index is 927. The summed E-state index contributed by atoms with van der Waals surface area (Å²) in [6.45, 7) is 1.74. The molecule has 1 aliphatic heterocycles. The van der Waals surface area contributed by atoms with Crippen molar-refractivity contribution in [1.82, 2.24) is 10.6 Å². The monoisotopic (exact) mass is 380 g/mol. The van der Waals surface area contributed by atoms with Crippen molar-refractivity contribution in [1.29, 1.82) is 0 Å². The highest BCUT2D eigenvalue weighted by Gasteiger charge is 2.31. The van der Waals surface area contributed by atoms with Crippen LogP contribution in [0.2, 0.25) is 0 Å². The van der Waals surface area contributed by atoms with Crippen LogP contribution in [0.1, 0.15) is 18.1 Å². The van der Waals surface area contributed by atoms with Gasteiger partial charge in [-0.15, -0.1) is 0 Å². The minimum absolute atomic E-state index is 0.121. The fourth-order valence-electron chi connectivity index (χ4n) is 2.86. The number of aliphatic imine (C=N–C) groups is 1. The number of nitrogens with zero attached hydrogens (tertiary/aromatic N) is 2. The predicted molar refractivity (Wildman–Crippen MR) is 104 cm³/mol. The van der Waals surface area contributed by atoms with Crippen LogP contribution in [0, 0.1) is 0 Å². The molecule has 2 N–H and O–H groups in total. The van der Waals surface area contributed by atoms with Gasteiger partial charge in [-0.1, -0.05) is 48.5 Å². The number of anilines is 1. The normalized spacial score (nSPS) is 15.8. The van der Waals surface area contributed by atoms with Gasteiger partial charge in [0.05, 0.1) is 18.0 Å².